The van der Waals surface area contributed by atoms with Crippen molar-refractivity contribution in [2.75, 3.05) is 7.11 Å². The third-order valence-electron chi connectivity index (χ3n) is 3.90. The maximum atomic E-state index is 12.3. The molecule has 6 nitrogen and oxygen atoms in total. The van der Waals surface area contributed by atoms with E-state index in [9.17, 15) is 4.79 Å². The van der Waals surface area contributed by atoms with Crippen molar-refractivity contribution in [3.63, 3.8) is 0 Å². The second-order valence-corrected chi connectivity index (χ2v) is 6.40. The number of fused-ring (bicyclic) bond motifs is 1. The molecule has 130 valence electrons. The van der Waals surface area contributed by atoms with Gasteiger partial charge < -0.3 is 9.47 Å². The Labute approximate surface area is 153 Å². The van der Waals surface area contributed by atoms with Gasteiger partial charge in [-0.3, -0.25) is 5.10 Å². The number of nitrogens with one attached hydrogen (secondary N) is 1. The molecule has 2 aromatic carbocycles. The summed E-state index contributed by atoms with van der Waals surface area (Å²) in [5.74, 6) is 0.280. The molecular formula is C19H15N3O3S. The lowest BCUT2D eigenvalue weighted by molar-refractivity contribution is 0.0464. The fourth-order valence-corrected chi connectivity index (χ4v) is 3.48. The van der Waals surface area contributed by atoms with Gasteiger partial charge in [0.15, 0.2) is 5.69 Å². The highest BCUT2D eigenvalue weighted by Gasteiger charge is 2.16. The molecule has 0 aliphatic heterocycles. The number of benzene rings is 2. The fourth-order valence-electron chi connectivity index (χ4n) is 2.65. The molecule has 0 aliphatic rings. The SMILES string of the molecule is COc1ccccc1-c1nc(COC(=O)c2n[nH]c3ccccc23)cs1. The Morgan fingerprint density at radius 2 is 1.96 bits per heavy atom. The minimum absolute atomic E-state index is 0.0890. The normalized spacial score (nSPS) is 10.8. The van der Waals surface area contributed by atoms with Gasteiger partial charge in [0, 0.05) is 10.8 Å². The van der Waals surface area contributed by atoms with E-state index in [2.05, 4.69) is 15.2 Å². The van der Waals surface area contributed by atoms with Gasteiger partial charge in [-0.2, -0.15) is 5.10 Å². The smallest absolute Gasteiger partial charge is 0.359 e. The fraction of sp³-hybridized carbons (Fsp3) is 0.105. The molecule has 0 saturated carbocycles. The Morgan fingerprint density at radius 3 is 2.85 bits per heavy atom. The lowest BCUT2D eigenvalue weighted by Gasteiger charge is -2.04. The van der Waals surface area contributed by atoms with E-state index in [0.29, 0.717) is 5.69 Å². The lowest BCUT2D eigenvalue weighted by Crippen LogP contribution is -2.06. The summed E-state index contributed by atoms with van der Waals surface area (Å²) in [5, 5.41) is 10.3. The highest BCUT2D eigenvalue weighted by molar-refractivity contribution is 7.13. The molecule has 26 heavy (non-hydrogen) atoms. The number of aromatic nitrogens is 3. The highest BCUT2D eigenvalue weighted by Crippen LogP contribution is 2.32. The Morgan fingerprint density at radius 1 is 1.15 bits per heavy atom. The number of para-hydroxylation sites is 2. The maximum absolute atomic E-state index is 12.3. The lowest BCUT2D eigenvalue weighted by atomic mass is 10.2. The van der Waals surface area contributed by atoms with Gasteiger partial charge in [-0.05, 0) is 18.2 Å². The summed E-state index contributed by atoms with van der Waals surface area (Å²) in [6.07, 6.45) is 0. The summed E-state index contributed by atoms with van der Waals surface area (Å²) >= 11 is 1.48. The Hall–Kier alpha value is -3.19. The largest absolute Gasteiger partial charge is 0.496 e. The highest BCUT2D eigenvalue weighted by atomic mass is 32.1. The Balaban J connectivity index is 1.49. The number of methoxy groups -OCH3 is 1. The maximum Gasteiger partial charge on any atom is 0.359 e. The van der Waals surface area contributed by atoms with Crippen LogP contribution in [0.1, 0.15) is 16.2 Å². The van der Waals surface area contributed by atoms with E-state index in [1.165, 1.54) is 11.3 Å². The molecule has 0 saturated heterocycles. The summed E-state index contributed by atoms with van der Waals surface area (Å²) in [6, 6.07) is 15.1. The Bertz CT molecular complexity index is 1070. The van der Waals surface area contributed by atoms with Crippen LogP contribution in [-0.4, -0.2) is 28.3 Å². The summed E-state index contributed by atoms with van der Waals surface area (Å²) < 4.78 is 10.7. The number of ether oxygens (including phenoxy) is 2. The molecule has 0 bridgehead atoms. The van der Waals surface area contributed by atoms with Crippen molar-refractivity contribution in [2.45, 2.75) is 6.61 Å². The van der Waals surface area contributed by atoms with Crippen molar-refractivity contribution in [3.05, 3.63) is 65.3 Å². The zero-order valence-corrected chi connectivity index (χ0v) is 14.7. The average Bonchev–Trinajstić information content (AvgIpc) is 3.33. The number of esters is 1. The molecule has 4 rings (SSSR count). The van der Waals surface area contributed by atoms with Crippen molar-refractivity contribution in [1.82, 2.24) is 15.2 Å². The second-order valence-electron chi connectivity index (χ2n) is 5.54. The number of carbonyl (C=O) groups is 1. The molecule has 1 N–H and O–H groups in total. The molecule has 0 unspecified atom stereocenters. The number of carbonyl (C=O) groups excluding carboxylic acids is 1. The number of hydrogen-bond donors (Lipinski definition) is 1. The quantitative estimate of drug-likeness (QED) is 0.540. The number of H-pyrrole nitrogens is 1. The van der Waals surface area contributed by atoms with Crippen molar-refractivity contribution in [1.29, 1.82) is 0 Å². The zero-order chi connectivity index (χ0) is 17.9. The number of hydrogen-bond acceptors (Lipinski definition) is 6. The molecule has 0 radical (unpaired) electrons. The van der Waals surface area contributed by atoms with Crippen LogP contribution in [0.5, 0.6) is 5.75 Å². The first-order valence-corrected chi connectivity index (χ1v) is 8.82. The van der Waals surface area contributed by atoms with Crippen molar-refractivity contribution < 1.29 is 14.3 Å². The van der Waals surface area contributed by atoms with E-state index in [4.69, 9.17) is 9.47 Å². The van der Waals surface area contributed by atoms with Crippen LogP contribution in [0.3, 0.4) is 0 Å². The second kappa shape index (κ2) is 6.97. The summed E-state index contributed by atoms with van der Waals surface area (Å²) in [7, 11) is 1.63. The summed E-state index contributed by atoms with van der Waals surface area (Å²) in [4.78, 5) is 16.9. The van der Waals surface area contributed by atoms with Crippen molar-refractivity contribution in [3.8, 4) is 16.3 Å². The third kappa shape index (κ3) is 3.04. The van der Waals surface area contributed by atoms with Crippen molar-refractivity contribution >= 4 is 28.2 Å². The third-order valence-corrected chi connectivity index (χ3v) is 4.83. The number of rotatable bonds is 5. The van der Waals surface area contributed by atoms with Gasteiger partial charge in [0.05, 0.1) is 23.9 Å². The van der Waals surface area contributed by atoms with Crippen LogP contribution in [0.4, 0.5) is 0 Å². The van der Waals surface area contributed by atoms with Gasteiger partial charge in [-0.15, -0.1) is 11.3 Å². The Kier molecular flexibility index (Phi) is 4.37. The van der Waals surface area contributed by atoms with Crippen molar-refractivity contribution in [2.24, 2.45) is 0 Å². The first-order chi connectivity index (χ1) is 12.8. The van der Waals surface area contributed by atoms with E-state index < -0.39 is 5.97 Å². The zero-order valence-electron chi connectivity index (χ0n) is 13.9. The molecule has 7 heteroatoms. The van der Waals surface area contributed by atoms with Crippen LogP contribution in [0, 0.1) is 0 Å². The molecule has 0 aliphatic carbocycles. The van der Waals surface area contributed by atoms with Crippen LogP contribution < -0.4 is 4.74 Å². The number of aromatic amines is 1. The summed E-state index contributed by atoms with van der Waals surface area (Å²) in [5.41, 5.74) is 2.67. The van der Waals surface area contributed by atoms with E-state index in [0.717, 1.165) is 27.2 Å². The predicted octanol–water partition coefficient (Wildman–Crippen LogP) is 4.05. The standard InChI is InChI=1S/C19H15N3O3S/c1-24-16-9-5-3-7-14(16)18-20-12(11-26-18)10-25-19(23)17-13-6-2-4-8-15(13)21-22-17/h2-9,11H,10H2,1H3,(H,21,22). The first kappa shape index (κ1) is 16.3. The van der Waals surface area contributed by atoms with Crippen LogP contribution in [0.2, 0.25) is 0 Å². The molecule has 4 aromatic rings. The molecule has 0 fully saturated rings. The molecule has 0 spiro atoms. The van der Waals surface area contributed by atoms with Gasteiger partial charge >= 0.3 is 5.97 Å². The van der Waals surface area contributed by atoms with E-state index in [1.54, 1.807) is 7.11 Å². The minimum Gasteiger partial charge on any atom is -0.496 e. The van der Waals surface area contributed by atoms with Crippen LogP contribution in [0.25, 0.3) is 21.5 Å². The van der Waals surface area contributed by atoms with Crippen LogP contribution in [0.15, 0.2) is 53.9 Å². The van der Waals surface area contributed by atoms with E-state index in [-0.39, 0.29) is 12.3 Å². The topological polar surface area (TPSA) is 77.1 Å². The molecule has 2 heterocycles. The monoisotopic (exact) mass is 365 g/mol. The van der Waals surface area contributed by atoms with Gasteiger partial charge in [-0.25, -0.2) is 9.78 Å². The molecule has 2 aromatic heterocycles. The van der Waals surface area contributed by atoms with Crippen LogP contribution in [-0.2, 0) is 11.3 Å². The molecule has 0 atom stereocenters. The molecular weight excluding hydrogens is 350 g/mol. The van der Waals surface area contributed by atoms with Gasteiger partial charge in [0.1, 0.15) is 17.4 Å². The average molecular weight is 365 g/mol. The minimum atomic E-state index is -0.478. The predicted molar refractivity (Wildman–Crippen MR) is 99.3 cm³/mol. The van der Waals surface area contributed by atoms with Crippen LogP contribution >= 0.6 is 11.3 Å². The van der Waals surface area contributed by atoms with Gasteiger partial charge in [0.2, 0.25) is 0 Å². The first-order valence-electron chi connectivity index (χ1n) is 7.94. The van der Waals surface area contributed by atoms with E-state index in [1.807, 2.05) is 53.9 Å². The number of thiazole rings is 1. The van der Waals surface area contributed by atoms with E-state index >= 15 is 0 Å². The summed E-state index contributed by atoms with van der Waals surface area (Å²) in [6.45, 7) is 0.0890. The molecule has 0 amide bonds. The van der Waals surface area contributed by atoms with Gasteiger partial charge in [0.25, 0.3) is 0 Å². The van der Waals surface area contributed by atoms with Gasteiger partial charge in [-0.1, -0.05) is 30.3 Å². The number of nitrogens with zero attached hydrogens (tertiary/aromatic N) is 2.